The fraction of sp³-hybridized carbons (Fsp3) is 0.462. The molecule has 80 valence electrons. The van der Waals surface area contributed by atoms with Crippen molar-refractivity contribution in [1.82, 2.24) is 0 Å². The van der Waals surface area contributed by atoms with Crippen LogP contribution in [0.4, 0.5) is 0 Å². The van der Waals surface area contributed by atoms with Gasteiger partial charge in [0.25, 0.3) is 0 Å². The second kappa shape index (κ2) is 4.80. The third kappa shape index (κ3) is 2.82. The first-order valence-electron chi connectivity index (χ1n) is 5.53. The fourth-order valence-electron chi connectivity index (χ4n) is 1.89. The molecule has 1 nitrogen and oxygen atoms in total. The molecule has 0 aromatic heterocycles. The summed E-state index contributed by atoms with van der Waals surface area (Å²) >= 11 is 5.88. The first-order chi connectivity index (χ1) is 7.25. The van der Waals surface area contributed by atoms with Gasteiger partial charge in [0.2, 0.25) is 0 Å². The summed E-state index contributed by atoms with van der Waals surface area (Å²) in [6, 6.07) is 7.76. The third-order valence-corrected chi connectivity index (χ3v) is 3.34. The number of hydrogen-bond acceptors (Lipinski definition) is 1. The van der Waals surface area contributed by atoms with E-state index in [0.29, 0.717) is 18.1 Å². The van der Waals surface area contributed by atoms with Gasteiger partial charge in [0.1, 0.15) is 5.78 Å². The number of Topliss-reactive ketones (excluding diaryl/α,β-unsaturated/α-hetero) is 1. The Morgan fingerprint density at radius 3 is 2.80 bits per heavy atom. The lowest BCUT2D eigenvalue weighted by Crippen LogP contribution is -2.22. The SMILES string of the molecule is O=C(CCc1cccc(Cl)c1)C1CCC1. The Balaban J connectivity index is 1.84. The first kappa shape index (κ1) is 10.7. The summed E-state index contributed by atoms with van der Waals surface area (Å²) in [5, 5.41) is 0.753. The lowest BCUT2D eigenvalue weighted by molar-refractivity contribution is -0.125. The van der Waals surface area contributed by atoms with E-state index in [9.17, 15) is 4.79 Å². The Kier molecular flexibility index (Phi) is 3.42. The van der Waals surface area contributed by atoms with Crippen LogP contribution < -0.4 is 0 Å². The number of rotatable bonds is 4. The van der Waals surface area contributed by atoms with Crippen molar-refractivity contribution in [3.63, 3.8) is 0 Å². The van der Waals surface area contributed by atoms with Crippen LogP contribution in [0.25, 0.3) is 0 Å². The molecular weight excluding hydrogens is 208 g/mol. The van der Waals surface area contributed by atoms with E-state index in [1.165, 1.54) is 6.42 Å². The van der Waals surface area contributed by atoms with Crippen LogP contribution in [0.2, 0.25) is 5.02 Å². The number of benzene rings is 1. The number of carbonyl (C=O) groups is 1. The lowest BCUT2D eigenvalue weighted by atomic mass is 9.80. The molecule has 0 amide bonds. The van der Waals surface area contributed by atoms with Crippen LogP contribution in [0.1, 0.15) is 31.2 Å². The minimum atomic E-state index is 0.365. The predicted octanol–water partition coefficient (Wildman–Crippen LogP) is 3.64. The van der Waals surface area contributed by atoms with Crippen molar-refractivity contribution >= 4 is 17.4 Å². The van der Waals surface area contributed by atoms with Crippen molar-refractivity contribution in [3.8, 4) is 0 Å². The van der Waals surface area contributed by atoms with Gasteiger partial charge in [0, 0.05) is 17.4 Å². The molecule has 2 heteroatoms. The third-order valence-electron chi connectivity index (χ3n) is 3.11. The molecule has 1 aromatic rings. The maximum atomic E-state index is 11.7. The van der Waals surface area contributed by atoms with Gasteiger partial charge < -0.3 is 0 Å². The molecule has 0 aliphatic heterocycles. The van der Waals surface area contributed by atoms with Crippen LogP contribution in [0.15, 0.2) is 24.3 Å². The van der Waals surface area contributed by atoms with E-state index in [1.807, 2.05) is 24.3 Å². The average Bonchev–Trinajstić information content (AvgIpc) is 2.12. The number of carbonyl (C=O) groups excluding carboxylic acids is 1. The van der Waals surface area contributed by atoms with Gasteiger partial charge in [-0.05, 0) is 37.0 Å². The Bertz CT molecular complexity index is 355. The summed E-state index contributed by atoms with van der Waals surface area (Å²) in [5.41, 5.74) is 1.16. The summed E-state index contributed by atoms with van der Waals surface area (Å²) in [6.45, 7) is 0. The van der Waals surface area contributed by atoms with Crippen LogP contribution >= 0.6 is 11.6 Å². The normalized spacial score (nSPS) is 16.1. The molecule has 1 aromatic carbocycles. The van der Waals surface area contributed by atoms with Crippen LogP contribution in [0.3, 0.4) is 0 Å². The van der Waals surface area contributed by atoms with E-state index in [-0.39, 0.29) is 0 Å². The summed E-state index contributed by atoms with van der Waals surface area (Å²) < 4.78 is 0. The summed E-state index contributed by atoms with van der Waals surface area (Å²) in [4.78, 5) is 11.7. The summed E-state index contributed by atoms with van der Waals surface area (Å²) in [7, 11) is 0. The van der Waals surface area contributed by atoms with Crippen LogP contribution in [0.5, 0.6) is 0 Å². The van der Waals surface area contributed by atoms with Crippen LogP contribution in [-0.4, -0.2) is 5.78 Å². The van der Waals surface area contributed by atoms with Crippen molar-refractivity contribution < 1.29 is 4.79 Å². The van der Waals surface area contributed by atoms with E-state index >= 15 is 0 Å². The quantitative estimate of drug-likeness (QED) is 0.760. The molecule has 0 heterocycles. The van der Waals surface area contributed by atoms with Crippen molar-refractivity contribution in [1.29, 1.82) is 0 Å². The highest BCUT2D eigenvalue weighted by Crippen LogP contribution is 2.28. The molecular formula is C13H15ClO. The highest BCUT2D eigenvalue weighted by Gasteiger charge is 2.24. The second-order valence-corrected chi connectivity index (χ2v) is 4.66. The summed E-state index contributed by atoms with van der Waals surface area (Å²) in [5.74, 6) is 0.797. The number of aryl methyl sites for hydroxylation is 1. The number of hydrogen-bond donors (Lipinski definition) is 0. The molecule has 0 atom stereocenters. The lowest BCUT2D eigenvalue weighted by Gasteiger charge is -2.23. The smallest absolute Gasteiger partial charge is 0.136 e. The maximum Gasteiger partial charge on any atom is 0.136 e. The van der Waals surface area contributed by atoms with E-state index in [2.05, 4.69) is 0 Å². The first-order valence-corrected chi connectivity index (χ1v) is 5.90. The molecule has 0 radical (unpaired) electrons. The zero-order valence-corrected chi connectivity index (χ0v) is 9.46. The molecule has 1 aliphatic rings. The van der Waals surface area contributed by atoms with Crippen LogP contribution in [-0.2, 0) is 11.2 Å². The highest BCUT2D eigenvalue weighted by molar-refractivity contribution is 6.30. The van der Waals surface area contributed by atoms with E-state index in [4.69, 9.17) is 11.6 Å². The number of ketones is 1. The largest absolute Gasteiger partial charge is 0.299 e. The van der Waals surface area contributed by atoms with Gasteiger partial charge in [-0.15, -0.1) is 0 Å². The molecule has 0 spiro atoms. The minimum Gasteiger partial charge on any atom is -0.299 e. The van der Waals surface area contributed by atoms with Gasteiger partial charge >= 0.3 is 0 Å². The van der Waals surface area contributed by atoms with Gasteiger partial charge in [0.15, 0.2) is 0 Å². The molecule has 0 saturated heterocycles. The molecule has 0 unspecified atom stereocenters. The number of halogens is 1. The van der Waals surface area contributed by atoms with Crippen molar-refractivity contribution in [2.24, 2.45) is 5.92 Å². The Labute approximate surface area is 95.4 Å². The molecule has 15 heavy (non-hydrogen) atoms. The molecule has 2 rings (SSSR count). The zero-order chi connectivity index (χ0) is 10.7. The topological polar surface area (TPSA) is 17.1 Å². The Morgan fingerprint density at radius 2 is 2.20 bits per heavy atom. The molecule has 1 aliphatic carbocycles. The van der Waals surface area contributed by atoms with Crippen LogP contribution in [0, 0.1) is 5.92 Å². The molecule has 0 bridgehead atoms. The standard InChI is InChI=1S/C13H15ClO/c14-12-6-1-3-10(9-12)7-8-13(15)11-4-2-5-11/h1,3,6,9,11H,2,4-5,7-8H2. The molecule has 0 N–H and O–H groups in total. The van der Waals surface area contributed by atoms with Gasteiger partial charge in [-0.3, -0.25) is 4.79 Å². The van der Waals surface area contributed by atoms with Crippen molar-refractivity contribution in [2.45, 2.75) is 32.1 Å². The van der Waals surface area contributed by atoms with Crippen molar-refractivity contribution in [3.05, 3.63) is 34.9 Å². The van der Waals surface area contributed by atoms with Crippen molar-refractivity contribution in [2.75, 3.05) is 0 Å². The second-order valence-electron chi connectivity index (χ2n) is 4.22. The summed E-state index contributed by atoms with van der Waals surface area (Å²) in [6.07, 6.45) is 4.94. The maximum absolute atomic E-state index is 11.7. The van der Waals surface area contributed by atoms with Gasteiger partial charge in [-0.2, -0.15) is 0 Å². The minimum absolute atomic E-state index is 0.365. The fourth-order valence-corrected chi connectivity index (χ4v) is 2.11. The predicted molar refractivity (Wildman–Crippen MR) is 62.1 cm³/mol. The molecule has 1 saturated carbocycles. The Hall–Kier alpha value is -0.820. The van der Waals surface area contributed by atoms with E-state index in [1.54, 1.807) is 0 Å². The van der Waals surface area contributed by atoms with Gasteiger partial charge in [0.05, 0.1) is 0 Å². The highest BCUT2D eigenvalue weighted by atomic mass is 35.5. The zero-order valence-electron chi connectivity index (χ0n) is 8.71. The molecule has 1 fully saturated rings. The monoisotopic (exact) mass is 222 g/mol. The van der Waals surface area contributed by atoms with Gasteiger partial charge in [-0.25, -0.2) is 0 Å². The van der Waals surface area contributed by atoms with E-state index < -0.39 is 0 Å². The average molecular weight is 223 g/mol. The van der Waals surface area contributed by atoms with E-state index in [0.717, 1.165) is 29.8 Å². The Morgan fingerprint density at radius 1 is 1.40 bits per heavy atom. The van der Waals surface area contributed by atoms with Gasteiger partial charge in [-0.1, -0.05) is 30.2 Å².